The highest BCUT2D eigenvalue weighted by molar-refractivity contribution is 5.76. The molecular formula is C18H23NO4. The average molecular weight is 317 g/mol. The van der Waals surface area contributed by atoms with Crippen molar-refractivity contribution in [3.63, 3.8) is 0 Å². The van der Waals surface area contributed by atoms with E-state index in [-0.39, 0.29) is 24.5 Å². The van der Waals surface area contributed by atoms with Crippen LogP contribution >= 0.6 is 0 Å². The maximum absolute atomic E-state index is 12.1. The normalized spacial score (nSPS) is 28.9. The number of amides is 1. The molecular weight excluding hydrogens is 294 g/mol. The van der Waals surface area contributed by atoms with Crippen molar-refractivity contribution in [1.82, 2.24) is 5.32 Å². The number of ether oxygens (including phenoxy) is 2. The van der Waals surface area contributed by atoms with E-state index in [1.807, 2.05) is 30.3 Å². The number of hydrogen-bond acceptors (Lipinski definition) is 4. The zero-order valence-corrected chi connectivity index (χ0v) is 13.4. The molecule has 3 aliphatic rings. The van der Waals surface area contributed by atoms with E-state index in [2.05, 4.69) is 5.32 Å². The van der Waals surface area contributed by atoms with E-state index in [9.17, 15) is 9.59 Å². The van der Waals surface area contributed by atoms with Crippen LogP contribution in [0.1, 0.15) is 31.2 Å². The lowest BCUT2D eigenvalue weighted by molar-refractivity contribution is -0.153. The maximum atomic E-state index is 12.1. The summed E-state index contributed by atoms with van der Waals surface area (Å²) >= 11 is 0. The Kier molecular flexibility index (Phi) is 4.84. The number of carbonyl (C=O) groups excluding carboxylic acids is 2. The maximum Gasteiger partial charge on any atom is 0.407 e. The molecule has 0 radical (unpaired) electrons. The SMILES string of the molecule is COC(=O)[C@@H]1C2CCC(CC2)[C@@H]1NC(=O)OCc1ccccc1. The Morgan fingerprint density at radius 1 is 1.09 bits per heavy atom. The van der Waals surface area contributed by atoms with E-state index < -0.39 is 6.09 Å². The van der Waals surface area contributed by atoms with Gasteiger partial charge in [-0.05, 0) is 43.1 Å². The van der Waals surface area contributed by atoms with Gasteiger partial charge in [-0.15, -0.1) is 0 Å². The molecule has 0 saturated heterocycles. The first-order valence-electron chi connectivity index (χ1n) is 8.24. The third-order valence-electron chi connectivity index (χ3n) is 5.19. The van der Waals surface area contributed by atoms with Gasteiger partial charge in [0.05, 0.1) is 13.0 Å². The Labute approximate surface area is 136 Å². The summed E-state index contributed by atoms with van der Waals surface area (Å²) in [6.45, 7) is 0.233. The van der Waals surface area contributed by atoms with Crippen LogP contribution in [0.4, 0.5) is 4.79 Å². The molecule has 5 heteroatoms. The number of nitrogens with one attached hydrogen (secondary N) is 1. The highest BCUT2D eigenvalue weighted by Gasteiger charge is 2.48. The first-order valence-corrected chi connectivity index (χ1v) is 8.24. The summed E-state index contributed by atoms with van der Waals surface area (Å²) in [5.41, 5.74) is 0.942. The van der Waals surface area contributed by atoms with Crippen LogP contribution in [-0.2, 0) is 20.9 Å². The lowest BCUT2D eigenvalue weighted by Crippen LogP contribution is -2.56. The number of hydrogen-bond donors (Lipinski definition) is 1. The van der Waals surface area contributed by atoms with Crippen LogP contribution in [0.15, 0.2) is 30.3 Å². The number of carbonyl (C=O) groups is 2. The summed E-state index contributed by atoms with van der Waals surface area (Å²) < 4.78 is 10.3. The topological polar surface area (TPSA) is 64.6 Å². The molecule has 5 nitrogen and oxygen atoms in total. The molecule has 3 saturated carbocycles. The van der Waals surface area contributed by atoms with Crippen molar-refractivity contribution in [2.75, 3.05) is 7.11 Å². The smallest absolute Gasteiger partial charge is 0.407 e. The fourth-order valence-electron chi connectivity index (χ4n) is 4.03. The van der Waals surface area contributed by atoms with Gasteiger partial charge in [-0.1, -0.05) is 30.3 Å². The van der Waals surface area contributed by atoms with Crippen molar-refractivity contribution in [3.8, 4) is 0 Å². The molecule has 0 unspecified atom stereocenters. The summed E-state index contributed by atoms with van der Waals surface area (Å²) in [5, 5.41) is 2.92. The third-order valence-corrected chi connectivity index (χ3v) is 5.19. The van der Waals surface area contributed by atoms with Crippen LogP contribution in [0.25, 0.3) is 0 Å². The van der Waals surface area contributed by atoms with Crippen LogP contribution in [0.3, 0.4) is 0 Å². The summed E-state index contributed by atoms with van der Waals surface area (Å²) in [4.78, 5) is 24.2. The molecule has 2 atom stereocenters. The van der Waals surface area contributed by atoms with Crippen molar-refractivity contribution < 1.29 is 19.1 Å². The predicted octanol–water partition coefficient (Wildman–Crippen LogP) is 2.89. The summed E-state index contributed by atoms with van der Waals surface area (Å²) in [7, 11) is 1.41. The molecule has 2 bridgehead atoms. The molecule has 0 spiro atoms. The minimum absolute atomic E-state index is 0.168. The highest BCUT2D eigenvalue weighted by atomic mass is 16.5. The monoisotopic (exact) mass is 317 g/mol. The van der Waals surface area contributed by atoms with E-state index in [1.54, 1.807) is 0 Å². The molecule has 1 aromatic rings. The number of methoxy groups -OCH3 is 1. The van der Waals surface area contributed by atoms with E-state index in [0.29, 0.717) is 11.8 Å². The van der Waals surface area contributed by atoms with Crippen molar-refractivity contribution in [3.05, 3.63) is 35.9 Å². The predicted molar refractivity (Wildman–Crippen MR) is 84.5 cm³/mol. The minimum atomic E-state index is -0.458. The average Bonchev–Trinajstić information content (AvgIpc) is 2.61. The zero-order chi connectivity index (χ0) is 16.2. The van der Waals surface area contributed by atoms with Gasteiger partial charge in [0.2, 0.25) is 0 Å². The second-order valence-corrected chi connectivity index (χ2v) is 6.46. The van der Waals surface area contributed by atoms with Gasteiger partial charge in [0.25, 0.3) is 0 Å². The molecule has 23 heavy (non-hydrogen) atoms. The fraction of sp³-hybridized carbons (Fsp3) is 0.556. The van der Waals surface area contributed by atoms with Gasteiger partial charge in [-0.3, -0.25) is 4.79 Å². The number of benzene rings is 1. The molecule has 1 N–H and O–H groups in total. The lowest BCUT2D eigenvalue weighted by Gasteiger charge is -2.47. The van der Waals surface area contributed by atoms with Crippen LogP contribution in [0.2, 0.25) is 0 Å². The van der Waals surface area contributed by atoms with E-state index in [4.69, 9.17) is 9.47 Å². The number of fused-ring (bicyclic) bond motifs is 3. The fourth-order valence-corrected chi connectivity index (χ4v) is 4.03. The van der Waals surface area contributed by atoms with E-state index in [0.717, 1.165) is 31.2 Å². The molecule has 0 aliphatic heterocycles. The van der Waals surface area contributed by atoms with Gasteiger partial charge in [-0.25, -0.2) is 4.79 Å². The third kappa shape index (κ3) is 3.49. The van der Waals surface area contributed by atoms with Gasteiger partial charge < -0.3 is 14.8 Å². The summed E-state index contributed by atoms with van der Waals surface area (Å²) in [5.74, 6) is 0.199. The first-order chi connectivity index (χ1) is 11.2. The minimum Gasteiger partial charge on any atom is -0.469 e. The van der Waals surface area contributed by atoms with Gasteiger partial charge >= 0.3 is 12.1 Å². The van der Waals surface area contributed by atoms with Crippen LogP contribution in [0.5, 0.6) is 0 Å². The lowest BCUT2D eigenvalue weighted by atomic mass is 9.61. The Hall–Kier alpha value is -2.04. The molecule has 1 aromatic carbocycles. The van der Waals surface area contributed by atoms with Crippen molar-refractivity contribution in [1.29, 1.82) is 0 Å². The highest BCUT2D eigenvalue weighted by Crippen LogP contribution is 2.45. The van der Waals surface area contributed by atoms with Crippen molar-refractivity contribution >= 4 is 12.1 Å². The molecule has 4 rings (SSSR count). The van der Waals surface area contributed by atoms with E-state index in [1.165, 1.54) is 7.11 Å². The Morgan fingerprint density at radius 3 is 2.39 bits per heavy atom. The van der Waals surface area contributed by atoms with E-state index >= 15 is 0 Å². The molecule has 3 fully saturated rings. The van der Waals surface area contributed by atoms with Crippen LogP contribution in [-0.4, -0.2) is 25.2 Å². The largest absolute Gasteiger partial charge is 0.469 e. The number of alkyl carbamates (subject to hydrolysis) is 1. The molecule has 0 heterocycles. The molecule has 1 amide bonds. The Bertz CT molecular complexity index is 551. The van der Waals surface area contributed by atoms with Crippen LogP contribution < -0.4 is 5.32 Å². The summed E-state index contributed by atoms with van der Waals surface area (Å²) in [6.07, 6.45) is 3.74. The Balaban J connectivity index is 1.60. The van der Waals surface area contributed by atoms with Gasteiger partial charge in [0, 0.05) is 6.04 Å². The summed E-state index contributed by atoms with van der Waals surface area (Å²) in [6, 6.07) is 9.38. The zero-order valence-electron chi connectivity index (χ0n) is 13.4. The quantitative estimate of drug-likeness (QED) is 0.867. The molecule has 3 aliphatic carbocycles. The van der Waals surface area contributed by atoms with Crippen LogP contribution in [0, 0.1) is 17.8 Å². The van der Waals surface area contributed by atoms with Gasteiger partial charge in [0.15, 0.2) is 0 Å². The number of rotatable bonds is 4. The molecule has 124 valence electrons. The standard InChI is InChI=1S/C18H23NO4/c1-22-17(20)15-13-7-9-14(10-8-13)16(15)19-18(21)23-11-12-5-3-2-4-6-12/h2-6,13-16H,7-11H2,1H3,(H,19,21)/t13?,14?,15-,16+/m1/s1. The van der Waals surface area contributed by atoms with Gasteiger partial charge in [-0.2, -0.15) is 0 Å². The second kappa shape index (κ2) is 7.02. The molecule has 0 aromatic heterocycles. The Morgan fingerprint density at radius 2 is 1.74 bits per heavy atom. The van der Waals surface area contributed by atoms with Gasteiger partial charge in [0.1, 0.15) is 6.61 Å². The van der Waals surface area contributed by atoms with Crippen molar-refractivity contribution in [2.45, 2.75) is 38.3 Å². The number of esters is 1. The van der Waals surface area contributed by atoms with Crippen molar-refractivity contribution in [2.24, 2.45) is 17.8 Å². The first kappa shape index (κ1) is 15.8. The second-order valence-electron chi connectivity index (χ2n) is 6.46.